The summed E-state index contributed by atoms with van der Waals surface area (Å²) in [6, 6.07) is 18.9. The Morgan fingerprint density at radius 3 is 2.49 bits per heavy atom. The maximum Gasteiger partial charge on any atom is 0.241 e. The SMILES string of the molecule is N=C(N)N1CCCC(CNC(=O)C(CC(=O)N2CCc3ccccc3C2)NS(=O)(=O)c2ccc3ccccc3c2)C1. The number of nitrogens with zero attached hydrogens (tertiary/aromatic N) is 2. The van der Waals surface area contributed by atoms with E-state index in [0.29, 0.717) is 39.1 Å². The number of hydrogen-bond donors (Lipinski definition) is 4. The van der Waals surface area contributed by atoms with E-state index in [2.05, 4.69) is 10.0 Å². The molecule has 0 saturated carbocycles. The van der Waals surface area contributed by atoms with Crippen LogP contribution in [-0.4, -0.2) is 68.2 Å². The molecule has 1 saturated heterocycles. The molecule has 2 unspecified atom stereocenters. The Labute approximate surface area is 240 Å². The first-order chi connectivity index (χ1) is 19.7. The molecule has 1 fully saturated rings. The molecule has 3 aromatic rings. The second-order valence-electron chi connectivity index (χ2n) is 10.8. The zero-order chi connectivity index (χ0) is 29.0. The van der Waals surface area contributed by atoms with Crippen LogP contribution < -0.4 is 15.8 Å². The van der Waals surface area contributed by atoms with Gasteiger partial charge in [0.15, 0.2) is 5.96 Å². The first kappa shape index (κ1) is 28.6. The van der Waals surface area contributed by atoms with Crippen molar-refractivity contribution in [1.82, 2.24) is 19.8 Å². The second kappa shape index (κ2) is 12.3. The van der Waals surface area contributed by atoms with Crippen molar-refractivity contribution in [1.29, 1.82) is 5.41 Å². The predicted octanol–water partition coefficient (Wildman–Crippen LogP) is 2.18. The fourth-order valence-electron chi connectivity index (χ4n) is 5.61. The van der Waals surface area contributed by atoms with Crippen molar-refractivity contribution < 1.29 is 18.0 Å². The molecule has 0 aliphatic carbocycles. The standard InChI is InChI=1S/C30H36N6O4S/c31-30(32)36-14-5-6-21(19-36)18-33-29(38)27(17-28(37)35-15-13-23-8-2-4-10-25(23)20-35)34-41(39,40)26-12-11-22-7-1-3-9-24(22)16-26/h1-4,7-12,16,21,27,34H,5-6,13-15,17-20H2,(H3,31,32)(H,33,38). The Hall–Kier alpha value is -3.96. The third-order valence-electron chi connectivity index (χ3n) is 7.93. The number of nitrogens with one attached hydrogen (secondary N) is 3. The minimum atomic E-state index is -4.12. The third kappa shape index (κ3) is 6.86. The second-order valence-corrected chi connectivity index (χ2v) is 12.5. The van der Waals surface area contributed by atoms with Gasteiger partial charge in [0.05, 0.1) is 11.3 Å². The fraction of sp³-hybridized carbons (Fsp3) is 0.367. The number of rotatable bonds is 8. The number of guanidine groups is 1. The van der Waals surface area contributed by atoms with E-state index >= 15 is 0 Å². The molecule has 3 aromatic carbocycles. The first-order valence-corrected chi connectivity index (χ1v) is 15.4. The molecule has 5 rings (SSSR count). The van der Waals surface area contributed by atoms with Gasteiger partial charge < -0.3 is 20.9 Å². The number of likely N-dealkylation sites (tertiary alicyclic amines) is 1. The molecule has 0 aromatic heterocycles. The normalized spacial score (nSPS) is 18.0. The van der Waals surface area contributed by atoms with Crippen molar-refractivity contribution in [3.8, 4) is 0 Å². The average molecular weight is 577 g/mol. The van der Waals surface area contributed by atoms with Gasteiger partial charge in [0.25, 0.3) is 0 Å². The molecule has 0 radical (unpaired) electrons. The summed E-state index contributed by atoms with van der Waals surface area (Å²) in [4.78, 5) is 30.3. The van der Waals surface area contributed by atoms with E-state index in [0.717, 1.165) is 29.2 Å². The molecular formula is C30H36N6O4S. The third-order valence-corrected chi connectivity index (χ3v) is 9.40. The lowest BCUT2D eigenvalue weighted by atomic mass is 9.98. The van der Waals surface area contributed by atoms with Gasteiger partial charge in [-0.05, 0) is 59.2 Å². The number of fused-ring (bicyclic) bond motifs is 2. The number of amides is 2. The Kier molecular flexibility index (Phi) is 8.55. The zero-order valence-corrected chi connectivity index (χ0v) is 23.7. The highest BCUT2D eigenvalue weighted by Gasteiger charge is 2.32. The van der Waals surface area contributed by atoms with E-state index in [9.17, 15) is 18.0 Å². The van der Waals surface area contributed by atoms with Gasteiger partial charge in [-0.3, -0.25) is 15.0 Å². The van der Waals surface area contributed by atoms with E-state index in [1.165, 1.54) is 11.6 Å². The summed E-state index contributed by atoms with van der Waals surface area (Å²) in [6.45, 7) is 2.45. The van der Waals surface area contributed by atoms with Crippen LogP contribution in [0.1, 0.15) is 30.4 Å². The summed E-state index contributed by atoms with van der Waals surface area (Å²) in [7, 11) is -4.12. The summed E-state index contributed by atoms with van der Waals surface area (Å²) in [5.74, 6) is -0.791. The fourth-order valence-corrected chi connectivity index (χ4v) is 6.84. The maximum absolute atomic E-state index is 13.5. The quantitative estimate of drug-likeness (QED) is 0.239. The van der Waals surface area contributed by atoms with Crippen LogP contribution in [0.25, 0.3) is 10.8 Å². The number of benzene rings is 3. The molecule has 2 aliphatic heterocycles. The molecule has 11 heteroatoms. The van der Waals surface area contributed by atoms with E-state index < -0.39 is 22.0 Å². The monoisotopic (exact) mass is 576 g/mol. The number of carbonyl (C=O) groups is 2. The Balaban J connectivity index is 1.32. The highest BCUT2D eigenvalue weighted by molar-refractivity contribution is 7.89. The lowest BCUT2D eigenvalue weighted by Gasteiger charge is -2.33. The van der Waals surface area contributed by atoms with Crippen molar-refractivity contribution in [2.24, 2.45) is 11.7 Å². The van der Waals surface area contributed by atoms with Crippen molar-refractivity contribution in [3.63, 3.8) is 0 Å². The molecule has 0 bridgehead atoms. The van der Waals surface area contributed by atoms with Gasteiger partial charge in [-0.1, -0.05) is 54.6 Å². The van der Waals surface area contributed by atoms with Crippen molar-refractivity contribution in [3.05, 3.63) is 77.9 Å². The average Bonchev–Trinajstić information content (AvgIpc) is 2.99. The molecular weight excluding hydrogens is 540 g/mol. The van der Waals surface area contributed by atoms with Crippen LogP contribution in [0.3, 0.4) is 0 Å². The minimum absolute atomic E-state index is 0.00394. The highest BCUT2D eigenvalue weighted by Crippen LogP contribution is 2.22. The van der Waals surface area contributed by atoms with Crippen LogP contribution in [-0.2, 0) is 32.6 Å². The van der Waals surface area contributed by atoms with Gasteiger partial charge in [0.1, 0.15) is 6.04 Å². The van der Waals surface area contributed by atoms with E-state index in [1.54, 1.807) is 21.9 Å². The van der Waals surface area contributed by atoms with Crippen LogP contribution in [0.5, 0.6) is 0 Å². The molecule has 0 spiro atoms. The summed E-state index contributed by atoms with van der Waals surface area (Å²) in [5.41, 5.74) is 7.89. The summed E-state index contributed by atoms with van der Waals surface area (Å²) >= 11 is 0. The van der Waals surface area contributed by atoms with Crippen LogP contribution in [0.15, 0.2) is 71.6 Å². The summed E-state index contributed by atoms with van der Waals surface area (Å²) < 4.78 is 29.5. The Bertz CT molecular complexity index is 1560. The summed E-state index contributed by atoms with van der Waals surface area (Å²) in [6.07, 6.45) is 2.09. The van der Waals surface area contributed by atoms with E-state index in [4.69, 9.17) is 11.1 Å². The number of nitrogens with two attached hydrogens (primary N) is 1. The van der Waals surface area contributed by atoms with Gasteiger partial charge in [-0.2, -0.15) is 4.72 Å². The molecule has 10 nitrogen and oxygen atoms in total. The Morgan fingerprint density at radius 2 is 1.71 bits per heavy atom. The van der Waals surface area contributed by atoms with Gasteiger partial charge in [-0.25, -0.2) is 8.42 Å². The molecule has 5 N–H and O–H groups in total. The Morgan fingerprint density at radius 1 is 0.976 bits per heavy atom. The number of piperidine rings is 1. The van der Waals surface area contributed by atoms with Gasteiger partial charge in [0.2, 0.25) is 21.8 Å². The maximum atomic E-state index is 13.5. The topological polar surface area (TPSA) is 149 Å². The van der Waals surface area contributed by atoms with E-state index in [-0.39, 0.29) is 29.1 Å². The predicted molar refractivity (Wildman–Crippen MR) is 157 cm³/mol. The van der Waals surface area contributed by atoms with Crippen LogP contribution in [0.2, 0.25) is 0 Å². The molecule has 2 amide bonds. The number of hydrogen-bond acceptors (Lipinski definition) is 5. The van der Waals surface area contributed by atoms with Crippen LogP contribution >= 0.6 is 0 Å². The van der Waals surface area contributed by atoms with Crippen molar-refractivity contribution in [2.75, 3.05) is 26.2 Å². The molecule has 2 aliphatic rings. The van der Waals surface area contributed by atoms with Crippen LogP contribution in [0.4, 0.5) is 0 Å². The highest BCUT2D eigenvalue weighted by atomic mass is 32.2. The van der Waals surface area contributed by atoms with Gasteiger partial charge >= 0.3 is 0 Å². The molecule has 2 heterocycles. The van der Waals surface area contributed by atoms with Crippen molar-refractivity contribution in [2.45, 2.75) is 43.2 Å². The molecule has 216 valence electrons. The lowest BCUT2D eigenvalue weighted by molar-refractivity contribution is -0.135. The zero-order valence-electron chi connectivity index (χ0n) is 22.9. The lowest BCUT2D eigenvalue weighted by Crippen LogP contribution is -2.52. The molecule has 2 atom stereocenters. The largest absolute Gasteiger partial charge is 0.370 e. The number of sulfonamides is 1. The van der Waals surface area contributed by atoms with Gasteiger partial charge in [0, 0.05) is 32.7 Å². The minimum Gasteiger partial charge on any atom is -0.370 e. The summed E-state index contributed by atoms with van der Waals surface area (Å²) in [5, 5.41) is 12.2. The first-order valence-electron chi connectivity index (χ1n) is 13.9. The number of carbonyl (C=O) groups excluding carboxylic acids is 2. The van der Waals surface area contributed by atoms with Crippen LogP contribution in [0, 0.1) is 11.3 Å². The van der Waals surface area contributed by atoms with Crippen molar-refractivity contribution >= 4 is 38.6 Å². The van der Waals surface area contributed by atoms with E-state index in [1.807, 2.05) is 48.5 Å². The molecule has 41 heavy (non-hydrogen) atoms. The van der Waals surface area contributed by atoms with Gasteiger partial charge in [-0.15, -0.1) is 0 Å². The smallest absolute Gasteiger partial charge is 0.241 e.